The molecule has 0 bridgehead atoms. The van der Waals surface area contributed by atoms with E-state index >= 15 is 0 Å². The lowest BCUT2D eigenvalue weighted by Crippen LogP contribution is -2.35. The lowest BCUT2D eigenvalue weighted by Gasteiger charge is -2.25. The quantitative estimate of drug-likeness (QED) is 0.749. The Morgan fingerprint density at radius 3 is 2.86 bits per heavy atom. The van der Waals surface area contributed by atoms with Crippen molar-refractivity contribution in [1.29, 1.82) is 0 Å². The largest absolute Gasteiger partial charge is 0.379 e. The molecule has 118 valence electrons. The van der Waals surface area contributed by atoms with Gasteiger partial charge in [0.15, 0.2) is 0 Å². The summed E-state index contributed by atoms with van der Waals surface area (Å²) in [7, 11) is 0. The lowest BCUT2D eigenvalue weighted by atomic mass is 10.2. The molecule has 2 aliphatic rings. The first-order chi connectivity index (χ1) is 10.4. The molecule has 1 aromatic rings. The fourth-order valence-electron chi connectivity index (χ4n) is 2.74. The maximum Gasteiger partial charge on any atom is 0.107 e. The average molecular weight is 309 g/mol. The number of thiazole rings is 1. The Morgan fingerprint density at radius 2 is 2.14 bits per heavy atom. The number of aromatic nitrogens is 1. The van der Waals surface area contributed by atoms with E-state index < -0.39 is 0 Å². The van der Waals surface area contributed by atoms with E-state index in [9.17, 15) is 0 Å². The summed E-state index contributed by atoms with van der Waals surface area (Å²) in [6, 6.07) is 0. The van der Waals surface area contributed by atoms with Crippen LogP contribution < -0.4 is 5.32 Å². The first kappa shape index (κ1) is 15.4. The van der Waals surface area contributed by atoms with Crippen LogP contribution in [0.2, 0.25) is 0 Å². The van der Waals surface area contributed by atoms with Crippen LogP contribution in [-0.2, 0) is 17.8 Å². The Labute approximate surface area is 131 Å². The molecule has 2 fully saturated rings. The van der Waals surface area contributed by atoms with Gasteiger partial charge < -0.3 is 10.1 Å². The second kappa shape index (κ2) is 7.68. The van der Waals surface area contributed by atoms with Gasteiger partial charge in [-0.3, -0.25) is 4.90 Å². The Morgan fingerprint density at radius 1 is 1.33 bits per heavy atom. The van der Waals surface area contributed by atoms with Crippen LogP contribution in [0.4, 0.5) is 0 Å². The summed E-state index contributed by atoms with van der Waals surface area (Å²) in [6.45, 7) is 9.19. The van der Waals surface area contributed by atoms with Gasteiger partial charge in [0.1, 0.15) is 5.01 Å². The topological polar surface area (TPSA) is 37.4 Å². The van der Waals surface area contributed by atoms with E-state index in [0.717, 1.165) is 51.9 Å². The summed E-state index contributed by atoms with van der Waals surface area (Å²) in [6.07, 6.45) is 5.19. The molecule has 0 atom stereocenters. The van der Waals surface area contributed by atoms with Gasteiger partial charge in [0.25, 0.3) is 0 Å². The van der Waals surface area contributed by atoms with Gasteiger partial charge in [-0.1, -0.05) is 13.3 Å². The fourth-order valence-corrected chi connectivity index (χ4v) is 3.90. The molecular formula is C16H27N3OS. The van der Waals surface area contributed by atoms with E-state index in [1.54, 1.807) is 0 Å². The second-order valence-electron chi connectivity index (χ2n) is 6.11. The highest BCUT2D eigenvalue weighted by Gasteiger charge is 2.29. The van der Waals surface area contributed by atoms with Crippen molar-refractivity contribution in [3.05, 3.63) is 15.6 Å². The minimum Gasteiger partial charge on any atom is -0.379 e. The Hall–Kier alpha value is -0.490. The van der Waals surface area contributed by atoms with Crippen molar-refractivity contribution in [2.24, 2.45) is 0 Å². The highest BCUT2D eigenvalue weighted by atomic mass is 32.1. The predicted octanol–water partition coefficient (Wildman–Crippen LogP) is 2.74. The minimum atomic E-state index is 0.752. The van der Waals surface area contributed by atoms with Crippen molar-refractivity contribution in [2.45, 2.75) is 51.6 Å². The van der Waals surface area contributed by atoms with Crippen LogP contribution in [-0.4, -0.2) is 42.7 Å². The van der Waals surface area contributed by atoms with Crippen LogP contribution in [0.15, 0.2) is 0 Å². The van der Waals surface area contributed by atoms with Crippen molar-refractivity contribution in [3.8, 4) is 0 Å². The van der Waals surface area contributed by atoms with E-state index in [1.807, 2.05) is 11.3 Å². The van der Waals surface area contributed by atoms with Crippen molar-refractivity contribution in [3.63, 3.8) is 0 Å². The van der Waals surface area contributed by atoms with Gasteiger partial charge in [-0.25, -0.2) is 4.98 Å². The average Bonchev–Trinajstić information content (AvgIpc) is 3.27. The number of morpholine rings is 1. The zero-order chi connectivity index (χ0) is 14.5. The monoisotopic (exact) mass is 309 g/mol. The third kappa shape index (κ3) is 4.49. The van der Waals surface area contributed by atoms with Crippen molar-refractivity contribution < 1.29 is 4.74 Å². The first-order valence-electron chi connectivity index (χ1n) is 8.36. The summed E-state index contributed by atoms with van der Waals surface area (Å²) >= 11 is 1.92. The standard InChI is InChI=1S/C16H27N3OS/c1-2-3-6-17-11-14-16(13-4-5-13)18-15(21-14)12-19-7-9-20-10-8-19/h13,17H,2-12H2,1H3. The molecule has 1 aliphatic heterocycles. The molecule has 1 aliphatic carbocycles. The van der Waals surface area contributed by atoms with E-state index in [-0.39, 0.29) is 0 Å². The molecule has 5 heteroatoms. The van der Waals surface area contributed by atoms with Crippen LogP contribution in [0.25, 0.3) is 0 Å². The lowest BCUT2D eigenvalue weighted by molar-refractivity contribution is 0.0341. The Balaban J connectivity index is 1.58. The number of hydrogen-bond donors (Lipinski definition) is 1. The third-order valence-electron chi connectivity index (χ3n) is 4.19. The van der Waals surface area contributed by atoms with Crippen LogP contribution in [0, 0.1) is 0 Å². The normalized spacial score (nSPS) is 20.0. The van der Waals surface area contributed by atoms with Crippen molar-refractivity contribution in [1.82, 2.24) is 15.2 Å². The molecule has 1 N–H and O–H groups in total. The molecule has 0 spiro atoms. The molecule has 0 unspecified atom stereocenters. The number of nitrogens with zero attached hydrogens (tertiary/aromatic N) is 2. The number of hydrogen-bond acceptors (Lipinski definition) is 5. The van der Waals surface area contributed by atoms with Gasteiger partial charge >= 0.3 is 0 Å². The van der Waals surface area contributed by atoms with Gasteiger partial charge in [0, 0.05) is 30.4 Å². The van der Waals surface area contributed by atoms with E-state index in [2.05, 4.69) is 17.1 Å². The van der Waals surface area contributed by atoms with E-state index in [0.29, 0.717) is 0 Å². The molecule has 0 radical (unpaired) electrons. The molecule has 3 rings (SSSR count). The zero-order valence-electron chi connectivity index (χ0n) is 13.1. The summed E-state index contributed by atoms with van der Waals surface area (Å²) in [4.78, 5) is 8.91. The molecule has 1 aromatic heterocycles. The van der Waals surface area contributed by atoms with Gasteiger partial charge in [-0.2, -0.15) is 0 Å². The van der Waals surface area contributed by atoms with Crippen LogP contribution >= 0.6 is 11.3 Å². The molecule has 1 saturated carbocycles. The van der Waals surface area contributed by atoms with Gasteiger partial charge in [-0.05, 0) is 25.8 Å². The Bertz CT molecular complexity index is 439. The predicted molar refractivity (Wildman–Crippen MR) is 86.8 cm³/mol. The number of ether oxygens (including phenoxy) is 1. The highest BCUT2D eigenvalue weighted by Crippen LogP contribution is 2.42. The zero-order valence-corrected chi connectivity index (χ0v) is 13.9. The second-order valence-corrected chi connectivity index (χ2v) is 7.28. The van der Waals surface area contributed by atoms with Gasteiger partial charge in [0.2, 0.25) is 0 Å². The smallest absolute Gasteiger partial charge is 0.107 e. The fraction of sp³-hybridized carbons (Fsp3) is 0.812. The minimum absolute atomic E-state index is 0.752. The van der Waals surface area contributed by atoms with Crippen LogP contribution in [0.5, 0.6) is 0 Å². The van der Waals surface area contributed by atoms with Gasteiger partial charge in [0.05, 0.1) is 25.5 Å². The molecule has 2 heterocycles. The summed E-state index contributed by atoms with van der Waals surface area (Å²) in [5.41, 5.74) is 1.40. The van der Waals surface area contributed by atoms with Gasteiger partial charge in [-0.15, -0.1) is 11.3 Å². The molecule has 1 saturated heterocycles. The molecule has 0 aromatic carbocycles. The summed E-state index contributed by atoms with van der Waals surface area (Å²) in [5, 5.41) is 4.88. The highest BCUT2D eigenvalue weighted by molar-refractivity contribution is 7.11. The van der Waals surface area contributed by atoms with Crippen molar-refractivity contribution >= 4 is 11.3 Å². The van der Waals surface area contributed by atoms with E-state index in [4.69, 9.17) is 9.72 Å². The number of rotatable bonds is 8. The van der Waals surface area contributed by atoms with E-state index in [1.165, 1.54) is 41.3 Å². The van der Waals surface area contributed by atoms with Crippen LogP contribution in [0.3, 0.4) is 0 Å². The number of unbranched alkanes of at least 4 members (excludes halogenated alkanes) is 1. The molecular weight excluding hydrogens is 282 g/mol. The molecule has 4 nitrogen and oxygen atoms in total. The molecule has 0 amide bonds. The van der Waals surface area contributed by atoms with Crippen molar-refractivity contribution in [2.75, 3.05) is 32.8 Å². The maximum absolute atomic E-state index is 5.42. The SMILES string of the molecule is CCCCNCc1sc(CN2CCOCC2)nc1C1CC1. The summed E-state index contributed by atoms with van der Waals surface area (Å²) in [5.74, 6) is 0.752. The Kier molecular flexibility index (Phi) is 5.63. The number of nitrogens with one attached hydrogen (secondary N) is 1. The first-order valence-corrected chi connectivity index (χ1v) is 9.17. The molecule has 21 heavy (non-hydrogen) atoms. The maximum atomic E-state index is 5.42. The van der Waals surface area contributed by atoms with Crippen LogP contribution in [0.1, 0.15) is 54.1 Å². The third-order valence-corrected chi connectivity index (χ3v) is 5.25. The summed E-state index contributed by atoms with van der Waals surface area (Å²) < 4.78 is 5.42.